The van der Waals surface area contributed by atoms with Gasteiger partial charge in [0.25, 0.3) is 0 Å². The fourth-order valence-electron chi connectivity index (χ4n) is 4.04. The first kappa shape index (κ1) is 17.2. The highest BCUT2D eigenvalue weighted by Crippen LogP contribution is 2.28. The zero-order valence-electron chi connectivity index (χ0n) is 16.0. The monoisotopic (exact) mass is 357 g/mol. The van der Waals surface area contributed by atoms with Crippen molar-refractivity contribution in [2.24, 2.45) is 0 Å². The first-order valence-corrected chi connectivity index (χ1v) is 9.47. The topological polar surface area (TPSA) is 69.9 Å². The summed E-state index contributed by atoms with van der Waals surface area (Å²) in [6, 6.07) is 0.654. The van der Waals surface area contributed by atoms with E-state index >= 15 is 0 Å². The molecule has 0 N–H and O–H groups in total. The Labute approximate surface area is 153 Å². The molecule has 2 aromatic heterocycles. The normalized spacial score (nSPS) is 21.5. The van der Waals surface area contributed by atoms with E-state index in [2.05, 4.69) is 52.8 Å². The fourth-order valence-corrected chi connectivity index (χ4v) is 4.04. The van der Waals surface area contributed by atoms with Gasteiger partial charge in [-0.05, 0) is 27.3 Å². The largest absolute Gasteiger partial charge is 0.350 e. The molecule has 2 aromatic rings. The molecular formula is C18H27N7O. The van der Waals surface area contributed by atoms with E-state index in [0.717, 1.165) is 49.8 Å². The highest BCUT2D eigenvalue weighted by molar-refractivity contribution is 5.84. The van der Waals surface area contributed by atoms with Gasteiger partial charge >= 0.3 is 0 Å². The number of rotatable bonds is 5. The predicted octanol–water partition coefficient (Wildman–Crippen LogP) is 0.816. The summed E-state index contributed by atoms with van der Waals surface area (Å²) in [6.45, 7) is 8.83. The smallest absolute Gasteiger partial charge is 0.240 e. The molecule has 8 nitrogen and oxygen atoms in total. The molecule has 26 heavy (non-hydrogen) atoms. The minimum absolute atomic E-state index is 0.00749. The summed E-state index contributed by atoms with van der Waals surface area (Å²) in [6.07, 6.45) is 5.48. The van der Waals surface area contributed by atoms with E-state index in [-0.39, 0.29) is 18.0 Å². The number of amides is 1. The molecule has 4 heterocycles. The van der Waals surface area contributed by atoms with Crippen LogP contribution in [0.25, 0.3) is 5.65 Å². The summed E-state index contributed by atoms with van der Waals surface area (Å²) in [4.78, 5) is 23.6. The van der Waals surface area contributed by atoms with Gasteiger partial charge in [-0.3, -0.25) is 14.1 Å². The lowest BCUT2D eigenvalue weighted by Crippen LogP contribution is -2.62. The first-order valence-electron chi connectivity index (χ1n) is 9.47. The molecule has 0 bridgehead atoms. The lowest BCUT2D eigenvalue weighted by molar-refractivity contribution is -0.133. The second-order valence-corrected chi connectivity index (χ2v) is 7.57. The van der Waals surface area contributed by atoms with Crippen LogP contribution in [0, 0.1) is 0 Å². The molecule has 1 atom stereocenters. The molecule has 2 aliphatic heterocycles. The van der Waals surface area contributed by atoms with Crippen LogP contribution >= 0.6 is 0 Å². The summed E-state index contributed by atoms with van der Waals surface area (Å²) >= 11 is 0. The number of likely N-dealkylation sites (N-methyl/N-ethyl adjacent to an activating group) is 1. The number of nitrogens with zero attached hydrogens (tertiary/aromatic N) is 7. The Hall–Kier alpha value is -2.22. The molecule has 2 fully saturated rings. The van der Waals surface area contributed by atoms with E-state index in [9.17, 15) is 4.79 Å². The maximum absolute atomic E-state index is 12.6. The second-order valence-electron chi connectivity index (χ2n) is 7.57. The maximum Gasteiger partial charge on any atom is 0.240 e. The van der Waals surface area contributed by atoms with Gasteiger partial charge in [-0.2, -0.15) is 0 Å². The molecule has 0 spiro atoms. The van der Waals surface area contributed by atoms with E-state index in [1.165, 1.54) is 0 Å². The molecule has 8 heteroatoms. The SMILES string of the molecule is CCc1nnc2c(N3CC(N(C)C4CCN(C(C)C)C4=O)C3)nccn12. The van der Waals surface area contributed by atoms with Gasteiger partial charge in [-0.25, -0.2) is 4.98 Å². The standard InChI is InChI=1S/C18H27N7O/c1-5-15-20-21-17-16(19-7-9-25(15)17)23-10-13(11-23)22(4)14-6-8-24(12(2)3)18(14)26/h7,9,12-14H,5-6,8,10-11H2,1-4H3. The number of likely N-dealkylation sites (tertiary alicyclic amines) is 1. The minimum Gasteiger partial charge on any atom is -0.350 e. The second kappa shape index (κ2) is 6.50. The van der Waals surface area contributed by atoms with Crippen LogP contribution in [0.5, 0.6) is 0 Å². The molecular weight excluding hydrogens is 330 g/mol. The van der Waals surface area contributed by atoms with Crippen molar-refractivity contribution in [1.29, 1.82) is 0 Å². The average molecular weight is 357 g/mol. The highest BCUT2D eigenvalue weighted by Gasteiger charge is 2.42. The molecule has 0 radical (unpaired) electrons. The number of hydrogen-bond acceptors (Lipinski definition) is 6. The van der Waals surface area contributed by atoms with Crippen molar-refractivity contribution >= 4 is 17.4 Å². The Kier molecular flexibility index (Phi) is 4.30. The summed E-state index contributed by atoms with van der Waals surface area (Å²) in [5.41, 5.74) is 0.813. The van der Waals surface area contributed by atoms with Gasteiger partial charge in [0.15, 0.2) is 5.82 Å². The molecule has 0 aromatic carbocycles. The molecule has 1 amide bonds. The van der Waals surface area contributed by atoms with Gasteiger partial charge in [0, 0.05) is 50.5 Å². The summed E-state index contributed by atoms with van der Waals surface area (Å²) < 4.78 is 2.01. The first-order chi connectivity index (χ1) is 12.5. The van der Waals surface area contributed by atoms with Crippen molar-refractivity contribution in [3.05, 3.63) is 18.2 Å². The number of hydrogen-bond donors (Lipinski definition) is 0. The van der Waals surface area contributed by atoms with Crippen LogP contribution in [0.3, 0.4) is 0 Å². The quantitative estimate of drug-likeness (QED) is 0.789. The summed E-state index contributed by atoms with van der Waals surface area (Å²) in [7, 11) is 2.08. The van der Waals surface area contributed by atoms with Crippen molar-refractivity contribution in [3.8, 4) is 0 Å². The molecule has 140 valence electrons. The zero-order valence-corrected chi connectivity index (χ0v) is 16.0. The van der Waals surface area contributed by atoms with Gasteiger partial charge < -0.3 is 9.80 Å². The van der Waals surface area contributed by atoms with Gasteiger partial charge in [-0.15, -0.1) is 10.2 Å². The van der Waals surface area contributed by atoms with Crippen LogP contribution in [0.4, 0.5) is 5.82 Å². The molecule has 4 rings (SSSR count). The van der Waals surface area contributed by atoms with E-state index < -0.39 is 0 Å². The van der Waals surface area contributed by atoms with Gasteiger partial charge in [0.05, 0.1) is 6.04 Å². The molecule has 1 unspecified atom stereocenters. The Morgan fingerprint density at radius 2 is 2.08 bits per heavy atom. The lowest BCUT2D eigenvalue weighted by Gasteiger charge is -2.46. The Balaban J connectivity index is 1.44. The summed E-state index contributed by atoms with van der Waals surface area (Å²) in [5, 5.41) is 8.57. The van der Waals surface area contributed by atoms with Crippen molar-refractivity contribution in [2.45, 2.75) is 51.7 Å². The van der Waals surface area contributed by atoms with Crippen molar-refractivity contribution in [3.63, 3.8) is 0 Å². The summed E-state index contributed by atoms with van der Waals surface area (Å²) in [5.74, 6) is 2.10. The number of aromatic nitrogens is 4. The lowest BCUT2D eigenvalue weighted by atomic mass is 10.0. The van der Waals surface area contributed by atoms with Crippen LogP contribution in [-0.4, -0.2) is 80.1 Å². The number of aryl methyl sites for hydroxylation is 1. The van der Waals surface area contributed by atoms with Crippen LogP contribution in [0.1, 0.15) is 33.0 Å². The minimum atomic E-state index is 0.00749. The van der Waals surface area contributed by atoms with E-state index in [4.69, 9.17) is 0 Å². The van der Waals surface area contributed by atoms with Gasteiger partial charge in [-0.1, -0.05) is 6.92 Å². The highest BCUT2D eigenvalue weighted by atomic mass is 16.2. The Morgan fingerprint density at radius 1 is 1.31 bits per heavy atom. The number of fused-ring (bicyclic) bond motifs is 1. The number of carbonyl (C=O) groups excluding carboxylic acids is 1. The van der Waals surface area contributed by atoms with Crippen molar-refractivity contribution in [2.75, 3.05) is 31.6 Å². The van der Waals surface area contributed by atoms with E-state index in [1.54, 1.807) is 0 Å². The third-order valence-corrected chi connectivity index (χ3v) is 5.76. The van der Waals surface area contributed by atoms with Crippen LogP contribution < -0.4 is 4.90 Å². The molecule has 0 aliphatic carbocycles. The Bertz CT molecular complexity index is 811. The average Bonchev–Trinajstić information content (AvgIpc) is 3.17. The number of carbonyl (C=O) groups is 1. The van der Waals surface area contributed by atoms with Gasteiger partial charge in [0.2, 0.25) is 11.6 Å². The molecule has 2 saturated heterocycles. The fraction of sp³-hybridized carbons (Fsp3) is 0.667. The van der Waals surface area contributed by atoms with E-state index in [1.807, 2.05) is 21.7 Å². The predicted molar refractivity (Wildman–Crippen MR) is 99.2 cm³/mol. The van der Waals surface area contributed by atoms with Crippen molar-refractivity contribution in [1.82, 2.24) is 29.4 Å². The van der Waals surface area contributed by atoms with Gasteiger partial charge in [0.1, 0.15) is 5.82 Å². The third kappa shape index (κ3) is 2.63. The van der Waals surface area contributed by atoms with Crippen LogP contribution in [-0.2, 0) is 11.2 Å². The van der Waals surface area contributed by atoms with E-state index in [0.29, 0.717) is 6.04 Å². The van der Waals surface area contributed by atoms with Crippen LogP contribution in [0.15, 0.2) is 12.4 Å². The molecule has 2 aliphatic rings. The third-order valence-electron chi connectivity index (χ3n) is 5.76. The van der Waals surface area contributed by atoms with Crippen molar-refractivity contribution < 1.29 is 4.79 Å². The van der Waals surface area contributed by atoms with Crippen LogP contribution in [0.2, 0.25) is 0 Å². The molecule has 0 saturated carbocycles. The number of anilines is 1. The Morgan fingerprint density at radius 3 is 2.73 bits per heavy atom. The zero-order chi connectivity index (χ0) is 18.4. The maximum atomic E-state index is 12.6.